The van der Waals surface area contributed by atoms with E-state index in [1.165, 1.54) is 12.8 Å². The van der Waals surface area contributed by atoms with Crippen molar-refractivity contribution in [3.8, 4) is 11.3 Å². The third-order valence-corrected chi connectivity index (χ3v) is 6.49. The molecule has 0 atom stereocenters. The van der Waals surface area contributed by atoms with Crippen molar-refractivity contribution in [2.75, 3.05) is 56.0 Å². The number of morpholine rings is 1. The van der Waals surface area contributed by atoms with Gasteiger partial charge in [0, 0.05) is 44.8 Å². The molecule has 1 saturated heterocycles. The fourth-order valence-corrected chi connectivity index (χ4v) is 4.79. The molecule has 3 aromatic heterocycles. The largest absolute Gasteiger partial charge is 0.464 e. The molecule has 1 aromatic carbocycles. The van der Waals surface area contributed by atoms with Gasteiger partial charge in [-0.3, -0.25) is 4.98 Å². The molecule has 0 unspecified atom stereocenters. The zero-order valence-electron chi connectivity index (χ0n) is 21.6. The number of hydrogen-bond donors (Lipinski definition) is 2. The zero-order valence-corrected chi connectivity index (χ0v) is 21.6. The molecule has 1 fully saturated rings. The molecule has 0 bridgehead atoms. The normalized spacial score (nSPS) is 13.6. The van der Waals surface area contributed by atoms with Crippen LogP contribution < -0.4 is 15.5 Å². The maximum Gasteiger partial charge on any atom is 0.360 e. The molecular weight excluding hydrogens is 472 g/mol. The number of imidazole rings is 1. The van der Waals surface area contributed by atoms with E-state index in [0.717, 1.165) is 48.6 Å². The van der Waals surface area contributed by atoms with Gasteiger partial charge >= 0.3 is 5.97 Å². The first-order valence-electron chi connectivity index (χ1n) is 12.1. The van der Waals surface area contributed by atoms with Gasteiger partial charge in [-0.1, -0.05) is 0 Å². The minimum absolute atomic E-state index is 0.0667. The van der Waals surface area contributed by atoms with E-state index in [2.05, 4.69) is 39.3 Å². The van der Waals surface area contributed by atoms with Gasteiger partial charge in [0.15, 0.2) is 17.3 Å². The van der Waals surface area contributed by atoms with Crippen molar-refractivity contribution in [2.24, 2.45) is 7.05 Å². The molecule has 0 amide bonds. The molecule has 0 aliphatic carbocycles. The predicted octanol–water partition coefficient (Wildman–Crippen LogP) is 3.45. The lowest BCUT2D eigenvalue weighted by molar-refractivity contribution is 0.0595. The Morgan fingerprint density at radius 3 is 2.49 bits per heavy atom. The second kappa shape index (κ2) is 10.0. The van der Waals surface area contributed by atoms with Gasteiger partial charge in [-0.05, 0) is 37.1 Å². The summed E-state index contributed by atoms with van der Waals surface area (Å²) in [5.74, 6) is 0.172. The Labute approximate surface area is 214 Å². The first kappa shape index (κ1) is 24.4. The number of methoxy groups -OCH3 is 1. The quantitative estimate of drug-likeness (QED) is 0.379. The van der Waals surface area contributed by atoms with Gasteiger partial charge in [-0.15, -0.1) is 0 Å². The minimum atomic E-state index is -0.599. The van der Waals surface area contributed by atoms with E-state index in [0.29, 0.717) is 28.4 Å². The monoisotopic (exact) mass is 502 g/mol. The number of hydrogen-bond acceptors (Lipinski definition) is 10. The number of aromatic nitrogens is 5. The van der Waals surface area contributed by atoms with E-state index in [1.807, 2.05) is 23.7 Å². The van der Waals surface area contributed by atoms with E-state index in [4.69, 9.17) is 19.4 Å². The number of carbonyl (C=O) groups is 1. The van der Waals surface area contributed by atoms with E-state index < -0.39 is 5.97 Å². The Bertz CT molecular complexity index is 1450. The van der Waals surface area contributed by atoms with Crippen LogP contribution in [0, 0.1) is 13.8 Å². The lowest BCUT2D eigenvalue weighted by atomic mass is 10.1. The van der Waals surface area contributed by atoms with Crippen molar-refractivity contribution in [2.45, 2.75) is 13.8 Å². The van der Waals surface area contributed by atoms with E-state index in [9.17, 15) is 4.79 Å². The fourth-order valence-electron chi connectivity index (χ4n) is 4.79. The number of esters is 1. The first-order chi connectivity index (χ1) is 17.9. The van der Waals surface area contributed by atoms with Crippen LogP contribution in [0.5, 0.6) is 0 Å². The number of fused-ring (bicyclic) bond motifs is 1. The number of ether oxygens (including phenoxy) is 2. The molecular formula is C26H30N8O3. The van der Waals surface area contributed by atoms with Crippen molar-refractivity contribution >= 4 is 40.0 Å². The van der Waals surface area contributed by atoms with Crippen molar-refractivity contribution in [1.82, 2.24) is 24.5 Å². The van der Waals surface area contributed by atoms with Crippen molar-refractivity contribution in [1.29, 1.82) is 0 Å². The molecule has 192 valence electrons. The highest BCUT2D eigenvalue weighted by molar-refractivity contribution is 5.98. The Balaban J connectivity index is 1.58. The molecule has 1 aliphatic heterocycles. The summed E-state index contributed by atoms with van der Waals surface area (Å²) in [6.07, 6.45) is 5.12. The molecule has 37 heavy (non-hydrogen) atoms. The predicted molar refractivity (Wildman–Crippen MR) is 143 cm³/mol. The highest BCUT2D eigenvalue weighted by Gasteiger charge is 2.24. The first-order valence-corrected chi connectivity index (χ1v) is 12.1. The van der Waals surface area contributed by atoms with Gasteiger partial charge < -0.3 is 29.6 Å². The molecule has 11 nitrogen and oxygen atoms in total. The molecule has 0 saturated carbocycles. The average molecular weight is 503 g/mol. The van der Waals surface area contributed by atoms with Crippen LogP contribution in [0.3, 0.4) is 0 Å². The van der Waals surface area contributed by atoms with E-state index in [-0.39, 0.29) is 5.69 Å². The highest BCUT2D eigenvalue weighted by atomic mass is 16.5. The number of rotatable bonds is 6. The third-order valence-electron chi connectivity index (χ3n) is 6.49. The second-order valence-corrected chi connectivity index (χ2v) is 8.95. The second-order valence-electron chi connectivity index (χ2n) is 8.95. The van der Waals surface area contributed by atoms with Crippen LogP contribution in [0.15, 0.2) is 30.9 Å². The Hall–Kier alpha value is -4.25. The van der Waals surface area contributed by atoms with Crippen LogP contribution in [-0.4, -0.2) is 70.9 Å². The lowest BCUT2D eigenvalue weighted by Gasteiger charge is -2.32. The van der Waals surface area contributed by atoms with Crippen molar-refractivity contribution in [3.05, 3.63) is 47.7 Å². The van der Waals surface area contributed by atoms with Crippen LogP contribution in [-0.2, 0) is 16.5 Å². The molecule has 4 aromatic rings. The topological polar surface area (TPSA) is 119 Å². The molecule has 2 N–H and O–H groups in total. The van der Waals surface area contributed by atoms with Gasteiger partial charge in [0.2, 0.25) is 0 Å². The lowest BCUT2D eigenvalue weighted by Crippen LogP contribution is -2.37. The van der Waals surface area contributed by atoms with Crippen LogP contribution in [0.4, 0.5) is 23.0 Å². The van der Waals surface area contributed by atoms with Gasteiger partial charge in [0.25, 0.3) is 0 Å². The summed E-state index contributed by atoms with van der Waals surface area (Å²) in [7, 11) is 4.98. The number of aryl methyl sites for hydroxylation is 3. The summed E-state index contributed by atoms with van der Waals surface area (Å²) >= 11 is 0. The number of nitrogens with zero attached hydrogens (tertiary/aromatic N) is 6. The SMILES string of the molecule is CNc1nc(Nc2cc(C)c(N3CCOCC3)c(C)c2)c(C(=O)OC)nc1-c1cncc2c1ncn2C. The molecule has 5 rings (SSSR count). The van der Waals surface area contributed by atoms with Gasteiger partial charge in [0.1, 0.15) is 11.2 Å². The Kier molecular flexibility index (Phi) is 6.62. The minimum Gasteiger partial charge on any atom is -0.464 e. The third kappa shape index (κ3) is 4.53. The van der Waals surface area contributed by atoms with Gasteiger partial charge in [0.05, 0.1) is 43.9 Å². The summed E-state index contributed by atoms with van der Waals surface area (Å²) in [5.41, 5.74) is 6.99. The van der Waals surface area contributed by atoms with Crippen LogP contribution in [0.1, 0.15) is 21.6 Å². The van der Waals surface area contributed by atoms with Gasteiger partial charge in [-0.25, -0.2) is 19.7 Å². The molecule has 4 heterocycles. The zero-order chi connectivity index (χ0) is 26.1. The highest BCUT2D eigenvalue weighted by Crippen LogP contribution is 2.34. The number of pyridine rings is 1. The molecule has 11 heteroatoms. The number of carbonyl (C=O) groups excluding carboxylic acids is 1. The Morgan fingerprint density at radius 1 is 1.08 bits per heavy atom. The fraction of sp³-hybridized carbons (Fsp3) is 0.346. The Morgan fingerprint density at radius 2 is 1.81 bits per heavy atom. The standard InChI is InChI=1S/C26H30N8O3/c1-15-10-17(11-16(2)23(15)34-6-8-37-9-7-34)30-25-22(26(35)36-5)31-21(24(27-3)32-25)18-12-28-13-19-20(18)29-14-33(19)4/h10-14H,6-9H2,1-5H3,(H2,27,30,32). The van der Waals surface area contributed by atoms with E-state index in [1.54, 1.807) is 25.8 Å². The number of nitrogens with one attached hydrogen (secondary N) is 2. The smallest absolute Gasteiger partial charge is 0.360 e. The summed E-state index contributed by atoms with van der Waals surface area (Å²) in [6, 6.07) is 4.10. The average Bonchev–Trinajstić information content (AvgIpc) is 3.29. The van der Waals surface area contributed by atoms with E-state index >= 15 is 0 Å². The summed E-state index contributed by atoms with van der Waals surface area (Å²) in [6.45, 7) is 7.32. The summed E-state index contributed by atoms with van der Waals surface area (Å²) in [5, 5.41) is 6.41. The van der Waals surface area contributed by atoms with Crippen molar-refractivity contribution in [3.63, 3.8) is 0 Å². The van der Waals surface area contributed by atoms with Crippen LogP contribution in [0.2, 0.25) is 0 Å². The summed E-state index contributed by atoms with van der Waals surface area (Å²) < 4.78 is 12.4. The van der Waals surface area contributed by atoms with Gasteiger partial charge in [-0.2, -0.15) is 0 Å². The number of benzene rings is 1. The molecule has 0 spiro atoms. The maximum absolute atomic E-state index is 12.8. The maximum atomic E-state index is 12.8. The van der Waals surface area contributed by atoms with Crippen LogP contribution in [0.25, 0.3) is 22.3 Å². The molecule has 0 radical (unpaired) electrons. The number of anilines is 4. The summed E-state index contributed by atoms with van der Waals surface area (Å²) in [4.78, 5) is 33.5. The van der Waals surface area contributed by atoms with Crippen LogP contribution >= 0.6 is 0 Å². The van der Waals surface area contributed by atoms with Crippen molar-refractivity contribution < 1.29 is 14.3 Å². The molecule has 1 aliphatic rings.